The normalized spacial score (nSPS) is 16.7. The van der Waals surface area contributed by atoms with Crippen molar-refractivity contribution in [1.82, 2.24) is 25.0 Å². The topological polar surface area (TPSA) is 89.4 Å². The number of likely N-dealkylation sites (tertiary alicyclic amines) is 1. The Hall–Kier alpha value is -1.96. The van der Waals surface area contributed by atoms with Crippen LogP contribution in [0.25, 0.3) is 0 Å². The zero-order chi connectivity index (χ0) is 18.2. The van der Waals surface area contributed by atoms with Gasteiger partial charge in [-0.3, -0.25) is 9.59 Å². The molecule has 1 saturated heterocycles. The standard InChI is InChI=1S/C17H29N5O3/c1-4-8-22-16(18-12-19-22)13(3)20-17(24)14-6-9-21(10-7-14)15(23)11-25-5-2/h12-14H,4-11H2,1-3H3,(H,20,24)/t13-/m1/s1. The van der Waals surface area contributed by atoms with Gasteiger partial charge in [-0.2, -0.15) is 5.10 Å². The number of carbonyl (C=O) groups excluding carboxylic acids is 2. The second kappa shape index (κ2) is 9.50. The first-order valence-electron chi connectivity index (χ1n) is 9.10. The third kappa shape index (κ3) is 5.26. The number of nitrogens with zero attached hydrogens (tertiary/aromatic N) is 4. The van der Waals surface area contributed by atoms with E-state index >= 15 is 0 Å². The summed E-state index contributed by atoms with van der Waals surface area (Å²) in [5.41, 5.74) is 0. The number of hydrogen-bond acceptors (Lipinski definition) is 5. The Balaban J connectivity index is 1.82. The number of aryl methyl sites for hydroxylation is 1. The van der Waals surface area contributed by atoms with Gasteiger partial charge in [0.1, 0.15) is 18.8 Å². The monoisotopic (exact) mass is 351 g/mol. The van der Waals surface area contributed by atoms with Crippen molar-refractivity contribution < 1.29 is 14.3 Å². The molecule has 0 radical (unpaired) electrons. The van der Waals surface area contributed by atoms with Gasteiger partial charge in [0.15, 0.2) is 0 Å². The summed E-state index contributed by atoms with van der Waals surface area (Å²) >= 11 is 0. The SMILES string of the molecule is CCCn1ncnc1[C@@H](C)NC(=O)C1CCN(C(=O)COCC)CC1. The molecule has 140 valence electrons. The van der Waals surface area contributed by atoms with Gasteiger partial charge in [-0.05, 0) is 33.1 Å². The smallest absolute Gasteiger partial charge is 0.248 e. The second-order valence-corrected chi connectivity index (χ2v) is 6.36. The van der Waals surface area contributed by atoms with Gasteiger partial charge in [0.25, 0.3) is 0 Å². The Labute approximate surface area is 148 Å². The van der Waals surface area contributed by atoms with Crippen molar-refractivity contribution in [3.63, 3.8) is 0 Å². The Kier molecular flexibility index (Phi) is 7.36. The van der Waals surface area contributed by atoms with Crippen LogP contribution < -0.4 is 5.32 Å². The number of amides is 2. The summed E-state index contributed by atoms with van der Waals surface area (Å²) < 4.78 is 7.00. The van der Waals surface area contributed by atoms with Gasteiger partial charge in [0.05, 0.1) is 6.04 Å². The summed E-state index contributed by atoms with van der Waals surface area (Å²) in [6, 6.07) is -0.181. The highest BCUT2D eigenvalue weighted by Gasteiger charge is 2.28. The zero-order valence-electron chi connectivity index (χ0n) is 15.4. The van der Waals surface area contributed by atoms with Crippen LogP contribution in [-0.4, -0.2) is 57.8 Å². The highest BCUT2D eigenvalue weighted by atomic mass is 16.5. The zero-order valence-corrected chi connectivity index (χ0v) is 15.4. The van der Waals surface area contributed by atoms with Gasteiger partial charge >= 0.3 is 0 Å². The summed E-state index contributed by atoms with van der Waals surface area (Å²) in [6.07, 6.45) is 3.84. The molecule has 1 aromatic heterocycles. The van der Waals surface area contributed by atoms with Crippen molar-refractivity contribution in [1.29, 1.82) is 0 Å². The molecule has 0 unspecified atom stereocenters. The van der Waals surface area contributed by atoms with Crippen LogP contribution in [0.5, 0.6) is 0 Å². The Morgan fingerprint density at radius 1 is 1.36 bits per heavy atom. The fourth-order valence-electron chi connectivity index (χ4n) is 3.06. The van der Waals surface area contributed by atoms with E-state index in [1.54, 1.807) is 4.90 Å². The number of ether oxygens (including phenoxy) is 1. The predicted octanol–water partition coefficient (Wildman–Crippen LogP) is 1.14. The molecule has 1 aromatic rings. The first kappa shape index (κ1) is 19.4. The van der Waals surface area contributed by atoms with Crippen LogP contribution in [0, 0.1) is 5.92 Å². The average Bonchev–Trinajstić information content (AvgIpc) is 3.08. The minimum absolute atomic E-state index is 0.00161. The molecule has 25 heavy (non-hydrogen) atoms. The van der Waals surface area contributed by atoms with E-state index in [9.17, 15) is 9.59 Å². The van der Waals surface area contributed by atoms with Crippen LogP contribution in [0.2, 0.25) is 0 Å². The molecular weight excluding hydrogens is 322 g/mol. The summed E-state index contributed by atoms with van der Waals surface area (Å²) in [4.78, 5) is 30.5. The van der Waals surface area contributed by atoms with Crippen LogP contribution in [0.15, 0.2) is 6.33 Å². The summed E-state index contributed by atoms with van der Waals surface area (Å²) in [6.45, 7) is 8.52. The number of hydrogen-bond donors (Lipinski definition) is 1. The van der Waals surface area contributed by atoms with E-state index in [2.05, 4.69) is 22.3 Å². The van der Waals surface area contributed by atoms with E-state index in [-0.39, 0.29) is 30.4 Å². The largest absolute Gasteiger partial charge is 0.372 e. The molecule has 1 N–H and O–H groups in total. The highest BCUT2D eigenvalue weighted by molar-refractivity contribution is 5.80. The number of carbonyl (C=O) groups is 2. The molecule has 0 bridgehead atoms. The van der Waals surface area contributed by atoms with Crippen LogP contribution >= 0.6 is 0 Å². The van der Waals surface area contributed by atoms with Crippen molar-refractivity contribution in [2.24, 2.45) is 5.92 Å². The van der Waals surface area contributed by atoms with Crippen molar-refractivity contribution in [2.45, 2.75) is 52.6 Å². The maximum absolute atomic E-state index is 12.5. The third-order valence-corrected chi connectivity index (χ3v) is 4.48. The van der Waals surface area contributed by atoms with Gasteiger partial charge in [0, 0.05) is 32.2 Å². The van der Waals surface area contributed by atoms with Crippen molar-refractivity contribution >= 4 is 11.8 Å². The number of piperidine rings is 1. The molecule has 8 heteroatoms. The predicted molar refractivity (Wildman–Crippen MR) is 92.7 cm³/mol. The molecule has 1 fully saturated rings. The van der Waals surface area contributed by atoms with Crippen molar-refractivity contribution in [2.75, 3.05) is 26.3 Å². The average molecular weight is 351 g/mol. The minimum Gasteiger partial charge on any atom is -0.372 e. The second-order valence-electron chi connectivity index (χ2n) is 6.36. The van der Waals surface area contributed by atoms with Crippen LogP contribution in [-0.2, 0) is 20.9 Å². The number of aromatic nitrogens is 3. The number of rotatable bonds is 8. The fraction of sp³-hybridized carbons (Fsp3) is 0.765. The Morgan fingerprint density at radius 2 is 2.08 bits per heavy atom. The van der Waals surface area contributed by atoms with Gasteiger partial charge < -0.3 is 15.0 Å². The van der Waals surface area contributed by atoms with Crippen LogP contribution in [0.3, 0.4) is 0 Å². The molecular formula is C17H29N5O3. The van der Waals surface area contributed by atoms with Gasteiger partial charge in [0.2, 0.25) is 11.8 Å². The molecule has 8 nitrogen and oxygen atoms in total. The third-order valence-electron chi connectivity index (χ3n) is 4.48. The van der Waals surface area contributed by atoms with Crippen molar-refractivity contribution in [3.05, 3.63) is 12.2 Å². The first-order valence-corrected chi connectivity index (χ1v) is 9.10. The van der Waals surface area contributed by atoms with E-state index in [4.69, 9.17) is 4.74 Å². The van der Waals surface area contributed by atoms with Crippen LogP contribution in [0.1, 0.15) is 51.9 Å². The van der Waals surface area contributed by atoms with Crippen molar-refractivity contribution in [3.8, 4) is 0 Å². The molecule has 0 aromatic carbocycles. The van der Waals surface area contributed by atoms with Crippen LogP contribution in [0.4, 0.5) is 0 Å². The van der Waals surface area contributed by atoms with Gasteiger partial charge in [-0.1, -0.05) is 6.92 Å². The molecule has 1 aliphatic heterocycles. The summed E-state index contributed by atoms with van der Waals surface area (Å²) in [7, 11) is 0. The van der Waals surface area contributed by atoms with Gasteiger partial charge in [-0.15, -0.1) is 0 Å². The molecule has 2 heterocycles. The highest BCUT2D eigenvalue weighted by Crippen LogP contribution is 2.19. The number of nitrogens with one attached hydrogen (secondary N) is 1. The van der Waals surface area contributed by atoms with E-state index in [0.29, 0.717) is 32.5 Å². The maximum Gasteiger partial charge on any atom is 0.248 e. The maximum atomic E-state index is 12.5. The quantitative estimate of drug-likeness (QED) is 0.759. The summed E-state index contributed by atoms with van der Waals surface area (Å²) in [5, 5.41) is 7.24. The molecule has 0 saturated carbocycles. The first-order chi connectivity index (χ1) is 12.1. The fourth-order valence-corrected chi connectivity index (χ4v) is 3.06. The lowest BCUT2D eigenvalue weighted by Gasteiger charge is -2.31. The van der Waals surface area contributed by atoms with E-state index in [0.717, 1.165) is 18.8 Å². The molecule has 2 rings (SSSR count). The summed E-state index contributed by atoms with van der Waals surface area (Å²) in [5.74, 6) is 0.734. The molecule has 2 amide bonds. The molecule has 1 aliphatic rings. The molecule has 0 aliphatic carbocycles. The molecule has 1 atom stereocenters. The lowest BCUT2D eigenvalue weighted by Crippen LogP contribution is -2.44. The van der Waals surface area contributed by atoms with E-state index in [1.165, 1.54) is 6.33 Å². The lowest BCUT2D eigenvalue weighted by atomic mass is 9.95. The Morgan fingerprint density at radius 3 is 2.72 bits per heavy atom. The van der Waals surface area contributed by atoms with E-state index in [1.807, 2.05) is 18.5 Å². The lowest BCUT2D eigenvalue weighted by molar-refractivity contribution is -0.139. The minimum atomic E-state index is -0.181. The molecule has 0 spiro atoms. The Bertz CT molecular complexity index is 566. The van der Waals surface area contributed by atoms with E-state index < -0.39 is 0 Å². The van der Waals surface area contributed by atoms with Gasteiger partial charge in [-0.25, -0.2) is 9.67 Å².